The van der Waals surface area contributed by atoms with Crippen molar-refractivity contribution in [3.8, 4) is 0 Å². The average molecular weight is 932 g/mol. The Balaban J connectivity index is 0.684. The third-order valence-electron chi connectivity index (χ3n) is 15.1. The molecule has 4 aromatic heterocycles. The van der Waals surface area contributed by atoms with Gasteiger partial charge in [0.1, 0.15) is 17.4 Å². The van der Waals surface area contributed by atoms with Gasteiger partial charge >= 0.3 is 5.69 Å². The maximum absolute atomic E-state index is 16.1. The summed E-state index contributed by atoms with van der Waals surface area (Å²) in [6, 6.07) is 5.68. The van der Waals surface area contributed by atoms with Crippen LogP contribution in [-0.4, -0.2) is 144 Å². The van der Waals surface area contributed by atoms with Crippen molar-refractivity contribution in [3.63, 3.8) is 0 Å². The monoisotopic (exact) mass is 931 g/mol. The lowest BCUT2D eigenvalue weighted by Gasteiger charge is -2.47. The number of benzene rings is 1. The molecule has 2 N–H and O–H groups in total. The second-order valence-electron chi connectivity index (χ2n) is 19.1. The van der Waals surface area contributed by atoms with Crippen molar-refractivity contribution in [2.75, 3.05) is 74.1 Å². The number of halogens is 4. The first-order chi connectivity index (χ1) is 32.3. The highest BCUT2D eigenvalue weighted by atomic mass is 19.3. The number of amides is 3. The summed E-state index contributed by atoms with van der Waals surface area (Å²) in [6.45, 7) is 3.85. The largest absolute Gasteiger partial charge is 0.374 e. The summed E-state index contributed by atoms with van der Waals surface area (Å²) in [6.07, 6.45) is 6.10. The summed E-state index contributed by atoms with van der Waals surface area (Å²) < 4.78 is 72.5. The molecule has 2 unspecified atom stereocenters. The van der Waals surface area contributed by atoms with Crippen LogP contribution in [0.3, 0.4) is 0 Å². The van der Waals surface area contributed by atoms with E-state index in [2.05, 4.69) is 30.6 Å². The number of morpholine rings is 1. The van der Waals surface area contributed by atoms with Crippen LogP contribution < -0.4 is 26.1 Å². The van der Waals surface area contributed by atoms with Crippen molar-refractivity contribution in [3.05, 3.63) is 64.6 Å². The maximum atomic E-state index is 16.1. The van der Waals surface area contributed by atoms with E-state index in [1.807, 2.05) is 28.0 Å². The number of nitrogens with zero attached hydrogens (tertiary/aromatic N) is 11. The second-order valence-corrected chi connectivity index (χ2v) is 19.1. The number of likely N-dealkylation sites (tertiary alicyclic amines) is 1. The topological polar surface area (TPSA) is 172 Å². The summed E-state index contributed by atoms with van der Waals surface area (Å²) in [5.41, 5.74) is 1.53. The number of imide groups is 1. The Hall–Kier alpha value is -5.87. The number of carbonyl (C=O) groups is 3. The first-order valence-electron chi connectivity index (χ1n) is 23.3. The standard InChI is InChI=1S/C45H53F4N13O5/c1-55-39-32(3-2-4-33(39)62(44(55)66)34-9-10-37(63)53-43(34)65)57-15-17-58(18-16-57)35-11-13-56(25-45(35,48)49)21-26-5-7-27(8-6-26)61-23-31(38(54-61)40(46)47)51-42(64)30-20-50-60-14-12-36(52-41(30)60)59-22-29-19-28(59)24-67-29/h2-4,12,14,20,23,26-29,34-35,40H,5-11,13,15-19,21-22,24-25H2,1H3,(H,51,64)(H,53,63,65)/t26-,27-,28-,29-,34?,35?/m1/s1. The molecular weight excluding hydrogens is 879 g/mol. The van der Waals surface area contributed by atoms with E-state index in [0.717, 1.165) is 24.9 Å². The van der Waals surface area contributed by atoms with Crippen molar-refractivity contribution in [1.29, 1.82) is 0 Å². The van der Waals surface area contributed by atoms with E-state index in [4.69, 9.17) is 9.72 Å². The second kappa shape index (κ2) is 17.0. The van der Waals surface area contributed by atoms with Crippen LogP contribution in [-0.2, 0) is 21.4 Å². The number of nitrogens with one attached hydrogen (secondary N) is 2. The van der Waals surface area contributed by atoms with Gasteiger partial charge in [-0.3, -0.25) is 43.3 Å². The van der Waals surface area contributed by atoms with Gasteiger partial charge in [-0.2, -0.15) is 10.2 Å². The van der Waals surface area contributed by atoms with E-state index in [0.29, 0.717) is 94.2 Å². The number of imidazole rings is 1. The summed E-state index contributed by atoms with van der Waals surface area (Å²) >= 11 is 0. The van der Waals surface area contributed by atoms with Gasteiger partial charge in [-0.25, -0.2) is 31.9 Å². The van der Waals surface area contributed by atoms with Crippen LogP contribution in [0.25, 0.3) is 16.7 Å². The van der Waals surface area contributed by atoms with E-state index in [1.54, 1.807) is 19.3 Å². The fourth-order valence-corrected chi connectivity index (χ4v) is 11.6. The Bertz CT molecular complexity index is 2790. The Labute approximate surface area is 381 Å². The molecule has 22 heteroatoms. The Morgan fingerprint density at radius 2 is 1.81 bits per heavy atom. The van der Waals surface area contributed by atoms with Gasteiger partial charge in [0.2, 0.25) is 11.8 Å². The number of alkyl halides is 4. The molecule has 18 nitrogen and oxygen atoms in total. The van der Waals surface area contributed by atoms with Crippen molar-refractivity contribution < 1.29 is 36.7 Å². The maximum Gasteiger partial charge on any atom is 0.329 e. The third kappa shape index (κ3) is 7.92. The molecule has 1 aromatic carbocycles. The highest BCUT2D eigenvalue weighted by Crippen LogP contribution is 2.39. The van der Waals surface area contributed by atoms with Crippen LogP contribution in [0.1, 0.15) is 85.9 Å². The highest BCUT2D eigenvalue weighted by Gasteiger charge is 2.48. The summed E-state index contributed by atoms with van der Waals surface area (Å²) in [5.74, 6) is -3.56. The third-order valence-corrected chi connectivity index (χ3v) is 15.1. The molecule has 3 amide bonds. The van der Waals surface area contributed by atoms with Crippen LogP contribution in [0, 0.1) is 5.92 Å². The number of aryl methyl sites for hydroxylation is 1. The molecular formula is C45H53F4N13O5. The molecule has 4 atom stereocenters. The lowest BCUT2D eigenvalue weighted by atomic mass is 9.85. The fourth-order valence-electron chi connectivity index (χ4n) is 11.6. The van der Waals surface area contributed by atoms with Crippen LogP contribution in [0.2, 0.25) is 0 Å². The smallest absolute Gasteiger partial charge is 0.329 e. The van der Waals surface area contributed by atoms with Gasteiger partial charge in [0.15, 0.2) is 11.3 Å². The molecule has 0 spiro atoms. The van der Waals surface area contributed by atoms with E-state index < -0.39 is 41.9 Å². The Morgan fingerprint density at radius 3 is 2.52 bits per heavy atom. The lowest BCUT2D eigenvalue weighted by molar-refractivity contribution is -0.135. The minimum atomic E-state index is -2.94. The summed E-state index contributed by atoms with van der Waals surface area (Å²) in [4.78, 5) is 64.3. The van der Waals surface area contributed by atoms with Crippen molar-refractivity contribution in [2.24, 2.45) is 13.0 Å². The number of ether oxygens (including phenoxy) is 1. The first kappa shape index (κ1) is 43.7. The zero-order valence-corrected chi connectivity index (χ0v) is 37.1. The number of aromatic nitrogens is 7. The predicted molar refractivity (Wildman–Crippen MR) is 237 cm³/mol. The predicted octanol–water partition coefficient (Wildman–Crippen LogP) is 3.99. The Kier molecular flexibility index (Phi) is 11.1. The molecule has 9 heterocycles. The van der Waals surface area contributed by atoms with Gasteiger partial charge in [-0.05, 0) is 69.1 Å². The van der Waals surface area contributed by atoms with Crippen molar-refractivity contribution in [2.45, 2.75) is 94.0 Å². The van der Waals surface area contributed by atoms with E-state index in [-0.39, 0.29) is 66.3 Å². The van der Waals surface area contributed by atoms with Gasteiger partial charge in [-0.15, -0.1) is 0 Å². The van der Waals surface area contributed by atoms with E-state index in [1.165, 1.54) is 30.7 Å². The molecule has 1 aliphatic carbocycles. The van der Waals surface area contributed by atoms with Gasteiger partial charge in [0.25, 0.3) is 18.3 Å². The van der Waals surface area contributed by atoms with Gasteiger partial charge in [-0.1, -0.05) is 6.07 Å². The highest BCUT2D eigenvalue weighted by molar-refractivity contribution is 6.08. The SMILES string of the molecule is Cn1c(=O)n(C2CCC(=O)NC2=O)c2cccc(N3CCN(C4CCN(C[C@H]5CC[C@H](n6cc(NC(=O)c7cnn8ccc(N9C[C@H]%10C[C@@H]9CO%10)nc78)c(C(F)F)n6)CC5)CC4(F)F)CC3)c21. The van der Waals surface area contributed by atoms with Gasteiger partial charge in [0.05, 0.1) is 66.0 Å². The molecule has 6 fully saturated rings. The quantitative estimate of drug-likeness (QED) is 0.153. The lowest BCUT2D eigenvalue weighted by Crippen LogP contribution is -2.62. The molecule has 11 rings (SSSR count). The number of anilines is 3. The van der Waals surface area contributed by atoms with Crippen LogP contribution in [0.15, 0.2) is 47.7 Å². The van der Waals surface area contributed by atoms with Crippen molar-refractivity contribution in [1.82, 2.24) is 48.6 Å². The molecule has 67 heavy (non-hydrogen) atoms. The molecule has 2 bridgehead atoms. The number of hydrogen-bond acceptors (Lipinski definition) is 12. The number of para-hydroxylation sites is 1. The minimum Gasteiger partial charge on any atom is -0.374 e. The van der Waals surface area contributed by atoms with Crippen LogP contribution in [0.4, 0.5) is 34.8 Å². The number of hydrogen-bond donors (Lipinski definition) is 2. The first-order valence-corrected chi connectivity index (χ1v) is 23.3. The normalized spacial score (nSPS) is 27.2. The molecule has 0 radical (unpaired) electrons. The molecule has 356 valence electrons. The zero-order chi connectivity index (χ0) is 46.3. The van der Waals surface area contributed by atoms with Gasteiger partial charge in [0, 0.05) is 71.7 Å². The Morgan fingerprint density at radius 1 is 1.00 bits per heavy atom. The molecule has 6 aliphatic rings. The van der Waals surface area contributed by atoms with Gasteiger partial charge < -0.3 is 19.9 Å². The molecule has 1 saturated carbocycles. The van der Waals surface area contributed by atoms with E-state index in [9.17, 15) is 28.0 Å². The molecule has 5 aliphatic heterocycles. The number of piperazine rings is 1. The number of piperidine rings is 2. The minimum absolute atomic E-state index is 0.0795. The zero-order valence-electron chi connectivity index (χ0n) is 37.1. The number of rotatable bonds is 10. The summed E-state index contributed by atoms with van der Waals surface area (Å²) in [5, 5.41) is 13.5. The van der Waals surface area contributed by atoms with Crippen molar-refractivity contribution >= 4 is 51.6 Å². The number of carbonyl (C=O) groups excluding carboxylic acids is 3. The summed E-state index contributed by atoms with van der Waals surface area (Å²) in [7, 11) is 1.66. The van der Waals surface area contributed by atoms with E-state index >= 15 is 8.78 Å². The average Bonchev–Trinajstić information content (AvgIpc) is 4.17. The fraction of sp³-hybridized carbons (Fsp3) is 0.578. The van der Waals surface area contributed by atoms with Crippen LogP contribution in [0.5, 0.6) is 0 Å². The molecule has 5 aromatic rings. The number of fused-ring (bicyclic) bond motifs is 4. The van der Waals surface area contributed by atoms with Crippen LogP contribution >= 0.6 is 0 Å². The molecule has 5 saturated heterocycles.